The summed E-state index contributed by atoms with van der Waals surface area (Å²) in [5.74, 6) is 0.720. The van der Waals surface area contributed by atoms with E-state index in [-0.39, 0.29) is 5.28 Å². The summed E-state index contributed by atoms with van der Waals surface area (Å²) in [5.41, 5.74) is 1.81. The van der Waals surface area contributed by atoms with E-state index >= 15 is 0 Å². The van der Waals surface area contributed by atoms with Crippen molar-refractivity contribution in [3.8, 4) is 0 Å². The molecule has 1 heterocycles. The van der Waals surface area contributed by atoms with Crippen molar-refractivity contribution in [2.45, 2.75) is 0 Å². The zero-order chi connectivity index (χ0) is 13.2. The summed E-state index contributed by atoms with van der Waals surface area (Å²) >= 11 is 8.23. The predicted molar refractivity (Wildman–Crippen MR) is 87.0 cm³/mol. The smallest absolute Gasteiger partial charge is 0.224 e. The summed E-state index contributed by atoms with van der Waals surface area (Å²) in [6.07, 6.45) is 0. The van der Waals surface area contributed by atoms with E-state index in [1.54, 1.807) is 0 Å². The van der Waals surface area contributed by atoms with Crippen LogP contribution in [0.4, 0.5) is 11.5 Å². The maximum absolute atomic E-state index is 5.96. The number of benzene rings is 2. The minimum absolute atomic E-state index is 0.242. The molecule has 94 valence electrons. The second-order valence-electron chi connectivity index (χ2n) is 3.99. The van der Waals surface area contributed by atoms with Gasteiger partial charge in [0.05, 0.1) is 5.52 Å². The topological polar surface area (TPSA) is 37.8 Å². The van der Waals surface area contributed by atoms with E-state index in [0.717, 1.165) is 26.0 Å². The van der Waals surface area contributed by atoms with Crippen LogP contribution in [-0.2, 0) is 0 Å². The minimum Gasteiger partial charge on any atom is -0.340 e. The lowest BCUT2D eigenvalue weighted by Gasteiger charge is -2.09. The highest BCUT2D eigenvalue weighted by Gasteiger charge is 2.06. The van der Waals surface area contributed by atoms with Gasteiger partial charge in [-0.15, -0.1) is 0 Å². The highest BCUT2D eigenvalue weighted by molar-refractivity contribution is 14.1. The van der Waals surface area contributed by atoms with Crippen LogP contribution in [0.25, 0.3) is 10.9 Å². The molecule has 1 aromatic heterocycles. The van der Waals surface area contributed by atoms with Gasteiger partial charge in [-0.25, -0.2) is 4.98 Å². The second kappa shape index (κ2) is 5.30. The van der Waals surface area contributed by atoms with Gasteiger partial charge < -0.3 is 5.32 Å². The van der Waals surface area contributed by atoms with E-state index in [1.807, 2.05) is 48.5 Å². The number of anilines is 2. The van der Waals surface area contributed by atoms with Crippen LogP contribution in [0.5, 0.6) is 0 Å². The summed E-state index contributed by atoms with van der Waals surface area (Å²) in [6, 6.07) is 15.9. The third-order valence-electron chi connectivity index (χ3n) is 2.66. The molecule has 0 amide bonds. The fourth-order valence-electron chi connectivity index (χ4n) is 1.85. The monoisotopic (exact) mass is 381 g/mol. The van der Waals surface area contributed by atoms with Crippen molar-refractivity contribution in [2.24, 2.45) is 0 Å². The van der Waals surface area contributed by atoms with Crippen LogP contribution in [0, 0.1) is 3.57 Å². The molecule has 0 aliphatic carbocycles. The molecule has 2 aromatic carbocycles. The van der Waals surface area contributed by atoms with E-state index in [9.17, 15) is 0 Å². The molecule has 3 nitrogen and oxygen atoms in total. The standard InChI is InChI=1S/C14H9ClIN3/c15-14-18-12-7-2-1-6-11(12)13(19-14)17-10-5-3-4-9(16)8-10/h1-8H,(H,17,18,19). The van der Waals surface area contributed by atoms with Crippen LogP contribution >= 0.6 is 34.2 Å². The van der Waals surface area contributed by atoms with E-state index in [4.69, 9.17) is 11.6 Å². The molecule has 19 heavy (non-hydrogen) atoms. The van der Waals surface area contributed by atoms with E-state index < -0.39 is 0 Å². The Labute approximate surface area is 129 Å². The first-order chi connectivity index (χ1) is 9.22. The maximum atomic E-state index is 5.96. The SMILES string of the molecule is Clc1nc(Nc2cccc(I)c2)c2ccccc2n1. The van der Waals surface area contributed by atoms with Crippen molar-refractivity contribution in [3.05, 3.63) is 57.4 Å². The quantitative estimate of drug-likeness (QED) is 0.519. The summed E-state index contributed by atoms with van der Waals surface area (Å²) in [6.45, 7) is 0. The van der Waals surface area contributed by atoms with Crippen LogP contribution in [0.3, 0.4) is 0 Å². The number of nitrogens with one attached hydrogen (secondary N) is 1. The Hall–Kier alpha value is -1.40. The zero-order valence-corrected chi connectivity index (χ0v) is 12.7. The molecule has 0 bridgehead atoms. The van der Waals surface area contributed by atoms with Gasteiger partial charge in [-0.2, -0.15) is 4.98 Å². The Balaban J connectivity index is 2.09. The van der Waals surface area contributed by atoms with Crippen LogP contribution in [0.1, 0.15) is 0 Å². The Morgan fingerprint density at radius 1 is 1.00 bits per heavy atom. The van der Waals surface area contributed by atoms with Gasteiger partial charge in [-0.05, 0) is 64.5 Å². The fraction of sp³-hybridized carbons (Fsp3) is 0. The molecule has 3 aromatic rings. The van der Waals surface area contributed by atoms with Crippen LogP contribution in [0.15, 0.2) is 48.5 Å². The number of aromatic nitrogens is 2. The molecule has 0 aliphatic heterocycles. The van der Waals surface area contributed by atoms with E-state index in [0.29, 0.717) is 0 Å². The Morgan fingerprint density at radius 3 is 2.68 bits per heavy atom. The first-order valence-corrected chi connectivity index (χ1v) is 7.13. The highest BCUT2D eigenvalue weighted by atomic mass is 127. The van der Waals surface area contributed by atoms with Gasteiger partial charge in [-0.3, -0.25) is 0 Å². The van der Waals surface area contributed by atoms with Gasteiger partial charge in [0.15, 0.2) is 0 Å². The van der Waals surface area contributed by atoms with Crippen LogP contribution < -0.4 is 5.32 Å². The van der Waals surface area contributed by atoms with Crippen molar-refractivity contribution in [3.63, 3.8) is 0 Å². The second-order valence-corrected chi connectivity index (χ2v) is 5.58. The first-order valence-electron chi connectivity index (χ1n) is 5.67. The predicted octanol–water partition coefficient (Wildman–Crippen LogP) is 4.63. The number of hydrogen-bond acceptors (Lipinski definition) is 3. The van der Waals surface area contributed by atoms with Crippen molar-refractivity contribution >= 4 is 56.6 Å². The van der Waals surface area contributed by atoms with Crippen molar-refractivity contribution in [1.82, 2.24) is 9.97 Å². The fourth-order valence-corrected chi connectivity index (χ4v) is 2.57. The Kier molecular flexibility index (Phi) is 3.52. The van der Waals surface area contributed by atoms with E-state index in [2.05, 4.69) is 37.9 Å². The average molecular weight is 382 g/mol. The van der Waals surface area contributed by atoms with Gasteiger partial charge >= 0.3 is 0 Å². The van der Waals surface area contributed by atoms with Gasteiger partial charge in [0, 0.05) is 14.6 Å². The van der Waals surface area contributed by atoms with Gasteiger partial charge in [0.25, 0.3) is 0 Å². The number of para-hydroxylation sites is 1. The van der Waals surface area contributed by atoms with Crippen LogP contribution in [-0.4, -0.2) is 9.97 Å². The zero-order valence-electron chi connectivity index (χ0n) is 9.77. The molecule has 0 aliphatic rings. The third kappa shape index (κ3) is 2.79. The lowest BCUT2D eigenvalue weighted by atomic mass is 10.2. The molecule has 0 saturated heterocycles. The summed E-state index contributed by atoms with van der Waals surface area (Å²) in [7, 11) is 0. The summed E-state index contributed by atoms with van der Waals surface area (Å²) < 4.78 is 1.16. The van der Waals surface area contributed by atoms with Gasteiger partial charge in [0.1, 0.15) is 5.82 Å². The molecule has 3 rings (SSSR count). The number of rotatable bonds is 2. The van der Waals surface area contributed by atoms with Gasteiger partial charge in [0.2, 0.25) is 5.28 Å². The largest absolute Gasteiger partial charge is 0.340 e. The normalized spacial score (nSPS) is 10.6. The molecular formula is C14H9ClIN3. The van der Waals surface area contributed by atoms with Crippen molar-refractivity contribution in [1.29, 1.82) is 0 Å². The molecule has 0 unspecified atom stereocenters. The van der Waals surface area contributed by atoms with E-state index in [1.165, 1.54) is 0 Å². The molecular weight excluding hydrogens is 373 g/mol. The molecule has 0 fully saturated rings. The lowest BCUT2D eigenvalue weighted by molar-refractivity contribution is 1.22. The Bertz CT molecular complexity index is 746. The Morgan fingerprint density at radius 2 is 1.84 bits per heavy atom. The number of halogens is 2. The molecule has 0 saturated carbocycles. The average Bonchev–Trinajstić information content (AvgIpc) is 2.38. The first kappa shape index (κ1) is 12.6. The van der Waals surface area contributed by atoms with Crippen LogP contribution in [0.2, 0.25) is 5.28 Å². The summed E-state index contributed by atoms with van der Waals surface area (Å²) in [5, 5.41) is 4.48. The number of hydrogen-bond donors (Lipinski definition) is 1. The molecule has 0 spiro atoms. The molecule has 0 atom stereocenters. The number of nitrogens with zero attached hydrogens (tertiary/aromatic N) is 2. The summed E-state index contributed by atoms with van der Waals surface area (Å²) in [4.78, 5) is 8.48. The lowest BCUT2D eigenvalue weighted by Crippen LogP contribution is -1.97. The molecule has 0 radical (unpaired) electrons. The van der Waals surface area contributed by atoms with Crippen molar-refractivity contribution in [2.75, 3.05) is 5.32 Å². The molecule has 1 N–H and O–H groups in total. The highest BCUT2D eigenvalue weighted by Crippen LogP contribution is 2.25. The van der Waals surface area contributed by atoms with Gasteiger partial charge in [-0.1, -0.05) is 18.2 Å². The minimum atomic E-state index is 0.242. The van der Waals surface area contributed by atoms with Crippen molar-refractivity contribution < 1.29 is 0 Å². The maximum Gasteiger partial charge on any atom is 0.224 e. The number of fused-ring (bicyclic) bond motifs is 1. The third-order valence-corrected chi connectivity index (χ3v) is 3.50. The molecule has 5 heteroatoms.